The third-order valence-corrected chi connectivity index (χ3v) is 8.26. The molecule has 46 heavy (non-hydrogen) atoms. The molecule has 1 aliphatic rings. The van der Waals surface area contributed by atoms with Crippen LogP contribution in [0.25, 0.3) is 0 Å². The molecule has 1 fully saturated rings. The van der Waals surface area contributed by atoms with Gasteiger partial charge in [0.1, 0.15) is 24.4 Å². The van der Waals surface area contributed by atoms with Crippen LogP contribution in [0.5, 0.6) is 0 Å². The van der Waals surface area contributed by atoms with Crippen molar-refractivity contribution in [2.24, 2.45) is 5.73 Å². The topological polar surface area (TPSA) is 90.6 Å². The van der Waals surface area contributed by atoms with Gasteiger partial charge in [0.2, 0.25) is 0 Å². The van der Waals surface area contributed by atoms with Gasteiger partial charge in [0, 0.05) is 7.11 Å². The fourth-order valence-electron chi connectivity index (χ4n) is 5.44. The lowest BCUT2D eigenvalue weighted by Crippen LogP contribution is -2.62. The predicted octanol–water partition coefficient (Wildman–Crippen LogP) is 6.44. The molecule has 3 aromatic carbocycles. The van der Waals surface area contributed by atoms with Gasteiger partial charge in [-0.25, -0.2) is 0 Å². The van der Waals surface area contributed by atoms with Crippen molar-refractivity contribution in [2.45, 2.75) is 102 Å². The molecule has 5 unspecified atom stereocenters. The summed E-state index contributed by atoms with van der Waals surface area (Å²) in [6.07, 6.45) is -1.26. The van der Waals surface area contributed by atoms with Gasteiger partial charge in [0.05, 0.1) is 44.2 Å². The van der Waals surface area contributed by atoms with Crippen LogP contribution < -0.4 is 5.73 Å². The summed E-state index contributed by atoms with van der Waals surface area (Å²) in [5.74, 6) is 0. The van der Waals surface area contributed by atoms with Gasteiger partial charge in [0.15, 0.2) is 6.29 Å². The molecule has 0 aromatic heterocycles. The number of hydrogen-bond donors (Lipinski definition) is 1. The Morgan fingerprint density at radius 2 is 1.07 bits per heavy atom. The quantitative estimate of drug-likeness (QED) is 0.161. The highest BCUT2D eigenvalue weighted by atomic mass is 16.7. The van der Waals surface area contributed by atoms with Crippen molar-refractivity contribution in [3.8, 4) is 0 Å². The summed E-state index contributed by atoms with van der Waals surface area (Å²) >= 11 is 0. The highest BCUT2D eigenvalue weighted by molar-refractivity contribution is 5.15. The molecule has 8 nitrogen and oxygen atoms in total. The molecular formula is C38H53NO7. The Labute approximate surface area is 275 Å². The molecule has 8 heteroatoms. The van der Waals surface area contributed by atoms with E-state index in [9.17, 15) is 0 Å². The molecule has 0 aliphatic carbocycles. The molecule has 4 rings (SSSR count). The second kappa shape index (κ2) is 18.0. The van der Waals surface area contributed by atoms with Crippen molar-refractivity contribution in [2.75, 3.05) is 26.9 Å². The summed E-state index contributed by atoms with van der Waals surface area (Å²) in [5, 5.41) is 0. The van der Waals surface area contributed by atoms with Crippen LogP contribution in [0.15, 0.2) is 91.0 Å². The Bertz CT molecular complexity index is 1240. The summed E-state index contributed by atoms with van der Waals surface area (Å²) < 4.78 is 45.1. The van der Waals surface area contributed by atoms with E-state index in [4.69, 9.17) is 38.9 Å². The summed E-state index contributed by atoms with van der Waals surface area (Å²) in [6, 6.07) is 30.3. The van der Waals surface area contributed by atoms with Crippen molar-refractivity contribution >= 4 is 0 Å². The number of ether oxygens (including phenoxy) is 7. The lowest BCUT2D eigenvalue weighted by atomic mass is 9.97. The Morgan fingerprint density at radius 1 is 0.609 bits per heavy atom. The van der Waals surface area contributed by atoms with Gasteiger partial charge in [-0.05, 0) is 63.8 Å². The van der Waals surface area contributed by atoms with Crippen molar-refractivity contribution in [1.82, 2.24) is 0 Å². The first-order valence-corrected chi connectivity index (χ1v) is 16.3. The molecule has 0 radical (unpaired) electrons. The molecule has 0 bridgehead atoms. The first-order chi connectivity index (χ1) is 22.2. The molecule has 1 heterocycles. The molecular weight excluding hydrogens is 582 g/mol. The third-order valence-electron chi connectivity index (χ3n) is 8.26. The summed E-state index contributed by atoms with van der Waals surface area (Å²) in [6.45, 7) is 10.8. The first-order valence-electron chi connectivity index (χ1n) is 16.3. The van der Waals surface area contributed by atoms with E-state index in [2.05, 4.69) is 27.7 Å². The standard InChI is InChI=1S/C38H53NO7/c1-37(2,21-23-39)44-24-22-38(3,4)45-28-32-33(41-25-29-15-9-6-10-16-29)34(42-26-30-17-11-7-12-18-30)35(36(40-5)46-32)43-27-31-19-13-8-14-20-31/h6-20,32-36H,21-28,39H2,1-5H3. The van der Waals surface area contributed by atoms with Gasteiger partial charge in [0.25, 0.3) is 0 Å². The zero-order chi connectivity index (χ0) is 32.8. The maximum Gasteiger partial charge on any atom is 0.186 e. The fourth-order valence-corrected chi connectivity index (χ4v) is 5.44. The Kier molecular flexibility index (Phi) is 14.2. The van der Waals surface area contributed by atoms with Crippen molar-refractivity contribution in [3.05, 3.63) is 108 Å². The second-order valence-electron chi connectivity index (χ2n) is 13.0. The molecule has 0 spiro atoms. The number of methoxy groups -OCH3 is 1. The van der Waals surface area contributed by atoms with E-state index in [1.807, 2.05) is 91.0 Å². The number of benzene rings is 3. The molecule has 0 amide bonds. The van der Waals surface area contributed by atoms with Gasteiger partial charge >= 0.3 is 0 Å². The average Bonchev–Trinajstić information content (AvgIpc) is 3.05. The van der Waals surface area contributed by atoms with Crippen LogP contribution in [0.3, 0.4) is 0 Å². The minimum atomic E-state index is -0.696. The van der Waals surface area contributed by atoms with Gasteiger partial charge in [-0.1, -0.05) is 91.0 Å². The normalized spacial score (nSPS) is 22.2. The SMILES string of the molecule is COC1OC(COC(C)(C)CCOC(C)(C)CCN)C(OCc2ccccc2)C(OCc2ccccc2)C1OCc1ccccc1. The van der Waals surface area contributed by atoms with Crippen LogP contribution in [0.1, 0.15) is 57.2 Å². The van der Waals surface area contributed by atoms with Crippen LogP contribution in [0.4, 0.5) is 0 Å². The van der Waals surface area contributed by atoms with Gasteiger partial charge in [-0.3, -0.25) is 0 Å². The summed E-state index contributed by atoms with van der Waals surface area (Å²) in [7, 11) is 1.63. The zero-order valence-corrected chi connectivity index (χ0v) is 28.1. The van der Waals surface area contributed by atoms with Crippen LogP contribution in [0, 0.1) is 0 Å². The Balaban J connectivity index is 1.55. The van der Waals surface area contributed by atoms with Crippen LogP contribution in [-0.4, -0.2) is 68.8 Å². The molecule has 1 aliphatic heterocycles. The number of rotatable bonds is 19. The Morgan fingerprint density at radius 3 is 1.54 bits per heavy atom. The fraction of sp³-hybridized carbons (Fsp3) is 0.526. The molecule has 1 saturated heterocycles. The van der Waals surface area contributed by atoms with E-state index in [0.29, 0.717) is 39.4 Å². The number of nitrogens with two attached hydrogens (primary N) is 1. The lowest BCUT2D eigenvalue weighted by Gasteiger charge is -2.46. The van der Waals surface area contributed by atoms with Gasteiger partial charge < -0.3 is 38.9 Å². The van der Waals surface area contributed by atoms with E-state index in [-0.39, 0.29) is 12.2 Å². The molecule has 5 atom stereocenters. The van der Waals surface area contributed by atoms with Gasteiger partial charge in [-0.2, -0.15) is 0 Å². The van der Waals surface area contributed by atoms with E-state index < -0.39 is 36.3 Å². The van der Waals surface area contributed by atoms with E-state index in [0.717, 1.165) is 23.1 Å². The number of hydrogen-bond acceptors (Lipinski definition) is 8. The third kappa shape index (κ3) is 11.5. The predicted molar refractivity (Wildman–Crippen MR) is 179 cm³/mol. The van der Waals surface area contributed by atoms with Crippen LogP contribution >= 0.6 is 0 Å². The lowest BCUT2D eigenvalue weighted by molar-refractivity contribution is -0.325. The Hall–Kier alpha value is -2.66. The maximum absolute atomic E-state index is 6.69. The average molecular weight is 636 g/mol. The first kappa shape index (κ1) is 36.2. The summed E-state index contributed by atoms with van der Waals surface area (Å²) in [4.78, 5) is 0. The summed E-state index contributed by atoms with van der Waals surface area (Å²) in [5.41, 5.74) is 8.16. The smallest absolute Gasteiger partial charge is 0.186 e. The highest BCUT2D eigenvalue weighted by Gasteiger charge is 2.49. The van der Waals surface area contributed by atoms with Crippen molar-refractivity contribution in [3.63, 3.8) is 0 Å². The highest BCUT2D eigenvalue weighted by Crippen LogP contribution is 2.32. The van der Waals surface area contributed by atoms with E-state index in [1.165, 1.54) is 0 Å². The van der Waals surface area contributed by atoms with Crippen molar-refractivity contribution in [1.29, 1.82) is 0 Å². The molecule has 2 N–H and O–H groups in total. The van der Waals surface area contributed by atoms with Crippen LogP contribution in [-0.2, 0) is 53.0 Å². The molecule has 3 aromatic rings. The second-order valence-corrected chi connectivity index (χ2v) is 13.0. The van der Waals surface area contributed by atoms with Gasteiger partial charge in [-0.15, -0.1) is 0 Å². The zero-order valence-electron chi connectivity index (χ0n) is 28.1. The minimum absolute atomic E-state index is 0.273. The monoisotopic (exact) mass is 635 g/mol. The van der Waals surface area contributed by atoms with E-state index in [1.54, 1.807) is 7.11 Å². The largest absolute Gasteiger partial charge is 0.375 e. The van der Waals surface area contributed by atoms with E-state index >= 15 is 0 Å². The maximum atomic E-state index is 6.69. The van der Waals surface area contributed by atoms with Crippen LogP contribution in [0.2, 0.25) is 0 Å². The molecule has 0 saturated carbocycles. The van der Waals surface area contributed by atoms with Crippen molar-refractivity contribution < 1.29 is 33.2 Å². The minimum Gasteiger partial charge on any atom is -0.375 e. The molecule has 252 valence electrons.